The molecule has 1 amide bonds. The molecular formula is C15H30N2O. The number of nitrogens with two attached hydrogens (primary N) is 1. The molecule has 0 spiro atoms. The van der Waals surface area contributed by atoms with Crippen molar-refractivity contribution in [2.75, 3.05) is 7.05 Å². The molecule has 0 aromatic heterocycles. The molecule has 0 heterocycles. The van der Waals surface area contributed by atoms with Crippen molar-refractivity contribution in [2.45, 2.75) is 71.4 Å². The van der Waals surface area contributed by atoms with Gasteiger partial charge in [-0.2, -0.15) is 0 Å². The summed E-state index contributed by atoms with van der Waals surface area (Å²) < 4.78 is 0. The van der Waals surface area contributed by atoms with E-state index < -0.39 is 0 Å². The number of hydrogen-bond donors (Lipinski definition) is 1. The van der Waals surface area contributed by atoms with Gasteiger partial charge in [-0.3, -0.25) is 4.79 Å². The number of rotatable bonds is 4. The third-order valence-corrected chi connectivity index (χ3v) is 4.21. The van der Waals surface area contributed by atoms with Gasteiger partial charge in [0, 0.05) is 19.1 Å². The van der Waals surface area contributed by atoms with Crippen molar-refractivity contribution < 1.29 is 4.79 Å². The lowest BCUT2D eigenvalue weighted by Crippen LogP contribution is -2.45. The fourth-order valence-electron chi connectivity index (χ4n) is 2.96. The van der Waals surface area contributed by atoms with Gasteiger partial charge in [0.15, 0.2) is 0 Å². The molecule has 1 aliphatic carbocycles. The topological polar surface area (TPSA) is 46.3 Å². The lowest BCUT2D eigenvalue weighted by Gasteiger charge is -2.31. The Bertz CT molecular complexity index is 265. The van der Waals surface area contributed by atoms with Crippen molar-refractivity contribution in [3.63, 3.8) is 0 Å². The summed E-state index contributed by atoms with van der Waals surface area (Å²) >= 11 is 0. The van der Waals surface area contributed by atoms with Gasteiger partial charge in [0.1, 0.15) is 0 Å². The molecule has 0 aromatic carbocycles. The summed E-state index contributed by atoms with van der Waals surface area (Å²) in [5, 5.41) is 0. The van der Waals surface area contributed by atoms with Crippen molar-refractivity contribution in [1.82, 2.24) is 4.90 Å². The summed E-state index contributed by atoms with van der Waals surface area (Å²) in [6, 6.07) is 0.377. The Labute approximate surface area is 112 Å². The number of carbonyl (C=O) groups is 1. The molecule has 1 aliphatic rings. The zero-order valence-corrected chi connectivity index (χ0v) is 12.5. The van der Waals surface area contributed by atoms with E-state index in [1.54, 1.807) is 0 Å². The largest absolute Gasteiger partial charge is 0.343 e. The van der Waals surface area contributed by atoms with E-state index in [0.717, 1.165) is 25.7 Å². The third kappa shape index (κ3) is 4.27. The van der Waals surface area contributed by atoms with E-state index in [2.05, 4.69) is 20.8 Å². The third-order valence-electron chi connectivity index (χ3n) is 4.21. The first-order chi connectivity index (χ1) is 8.43. The zero-order chi connectivity index (χ0) is 13.7. The van der Waals surface area contributed by atoms with Crippen LogP contribution in [0.25, 0.3) is 0 Å². The van der Waals surface area contributed by atoms with Crippen LogP contribution in [0.5, 0.6) is 0 Å². The molecule has 1 fully saturated rings. The number of carbonyl (C=O) groups excluding carboxylic acids is 1. The van der Waals surface area contributed by atoms with Gasteiger partial charge >= 0.3 is 0 Å². The number of nitrogens with zero attached hydrogens (tertiary/aromatic N) is 1. The van der Waals surface area contributed by atoms with Gasteiger partial charge in [-0.05, 0) is 32.1 Å². The van der Waals surface area contributed by atoms with Gasteiger partial charge in [-0.1, -0.05) is 33.1 Å². The highest BCUT2D eigenvalue weighted by Crippen LogP contribution is 2.25. The van der Waals surface area contributed by atoms with Crippen LogP contribution in [-0.2, 0) is 4.79 Å². The second kappa shape index (κ2) is 7.13. The molecular weight excluding hydrogens is 224 g/mol. The second-order valence-electron chi connectivity index (χ2n) is 6.34. The smallest absolute Gasteiger partial charge is 0.227 e. The fourth-order valence-corrected chi connectivity index (χ4v) is 2.96. The van der Waals surface area contributed by atoms with Crippen LogP contribution in [0.2, 0.25) is 0 Å². The molecule has 2 N–H and O–H groups in total. The highest BCUT2D eigenvalue weighted by Gasteiger charge is 2.30. The first-order valence-electron chi connectivity index (χ1n) is 7.45. The molecule has 0 bridgehead atoms. The highest BCUT2D eigenvalue weighted by molar-refractivity contribution is 5.79. The van der Waals surface area contributed by atoms with Crippen molar-refractivity contribution >= 4 is 5.91 Å². The molecule has 3 atom stereocenters. The minimum Gasteiger partial charge on any atom is -0.343 e. The molecule has 3 nitrogen and oxygen atoms in total. The fraction of sp³-hybridized carbons (Fsp3) is 0.933. The van der Waals surface area contributed by atoms with Gasteiger partial charge in [-0.15, -0.1) is 0 Å². The Morgan fingerprint density at radius 3 is 2.44 bits per heavy atom. The Morgan fingerprint density at radius 1 is 1.22 bits per heavy atom. The minimum absolute atomic E-state index is 0.0483. The van der Waals surface area contributed by atoms with Crippen LogP contribution in [0, 0.1) is 11.8 Å². The summed E-state index contributed by atoms with van der Waals surface area (Å²) in [4.78, 5) is 14.5. The minimum atomic E-state index is 0.0483. The SMILES string of the molecule is CC(C)CC(C)N(C)C(=O)C1CCCCCC1N. The van der Waals surface area contributed by atoms with Gasteiger partial charge in [0.05, 0.1) is 5.92 Å². The lowest BCUT2D eigenvalue weighted by atomic mass is 9.93. The summed E-state index contributed by atoms with van der Waals surface area (Å²) in [5.74, 6) is 0.933. The van der Waals surface area contributed by atoms with Crippen LogP contribution in [0.4, 0.5) is 0 Å². The first-order valence-corrected chi connectivity index (χ1v) is 7.45. The summed E-state index contributed by atoms with van der Waals surface area (Å²) in [6.45, 7) is 6.54. The van der Waals surface area contributed by atoms with E-state index in [1.165, 1.54) is 12.8 Å². The predicted octanol–water partition coefficient (Wildman–Crippen LogP) is 2.79. The van der Waals surface area contributed by atoms with Gasteiger partial charge < -0.3 is 10.6 Å². The second-order valence-corrected chi connectivity index (χ2v) is 6.34. The van der Waals surface area contributed by atoms with Crippen LogP contribution in [-0.4, -0.2) is 29.9 Å². The summed E-state index contributed by atoms with van der Waals surface area (Å²) in [6.07, 6.45) is 6.58. The maximum Gasteiger partial charge on any atom is 0.227 e. The summed E-state index contributed by atoms with van der Waals surface area (Å²) in [5.41, 5.74) is 6.17. The molecule has 3 unspecified atom stereocenters. The maximum absolute atomic E-state index is 12.5. The normalized spacial score (nSPS) is 26.8. The van der Waals surface area contributed by atoms with E-state index in [-0.39, 0.29) is 17.9 Å². The van der Waals surface area contributed by atoms with Gasteiger partial charge in [0.2, 0.25) is 5.91 Å². The molecule has 1 saturated carbocycles. The Hall–Kier alpha value is -0.570. The van der Waals surface area contributed by atoms with Crippen LogP contribution >= 0.6 is 0 Å². The molecule has 0 aromatic rings. The van der Waals surface area contributed by atoms with Crippen LogP contribution < -0.4 is 5.73 Å². The van der Waals surface area contributed by atoms with Crippen molar-refractivity contribution in [1.29, 1.82) is 0 Å². The lowest BCUT2D eigenvalue weighted by molar-refractivity contribution is -0.137. The molecule has 0 radical (unpaired) electrons. The maximum atomic E-state index is 12.5. The highest BCUT2D eigenvalue weighted by atomic mass is 16.2. The van der Waals surface area contributed by atoms with Crippen molar-refractivity contribution in [3.05, 3.63) is 0 Å². The van der Waals surface area contributed by atoms with Crippen LogP contribution in [0.15, 0.2) is 0 Å². The molecule has 1 rings (SSSR count). The van der Waals surface area contributed by atoms with E-state index in [9.17, 15) is 4.79 Å². The predicted molar refractivity (Wildman–Crippen MR) is 76.2 cm³/mol. The van der Waals surface area contributed by atoms with E-state index in [0.29, 0.717) is 12.0 Å². The van der Waals surface area contributed by atoms with E-state index in [4.69, 9.17) is 5.73 Å². The van der Waals surface area contributed by atoms with Gasteiger partial charge in [-0.25, -0.2) is 0 Å². The monoisotopic (exact) mass is 254 g/mol. The molecule has 0 saturated heterocycles. The Balaban J connectivity index is 2.60. The Morgan fingerprint density at radius 2 is 1.83 bits per heavy atom. The molecule has 106 valence electrons. The van der Waals surface area contributed by atoms with E-state index in [1.807, 2.05) is 11.9 Å². The molecule has 3 heteroatoms. The number of hydrogen-bond acceptors (Lipinski definition) is 2. The average molecular weight is 254 g/mol. The van der Waals surface area contributed by atoms with E-state index >= 15 is 0 Å². The van der Waals surface area contributed by atoms with Crippen LogP contribution in [0.3, 0.4) is 0 Å². The molecule has 18 heavy (non-hydrogen) atoms. The standard InChI is InChI=1S/C15H30N2O/c1-11(2)10-12(3)17(4)15(18)13-8-6-5-7-9-14(13)16/h11-14H,5-10,16H2,1-4H3. The Kier molecular flexibility index (Phi) is 6.13. The van der Waals surface area contributed by atoms with Crippen LogP contribution in [0.1, 0.15) is 59.3 Å². The summed E-state index contributed by atoms with van der Waals surface area (Å²) in [7, 11) is 1.94. The number of amides is 1. The zero-order valence-electron chi connectivity index (χ0n) is 12.5. The van der Waals surface area contributed by atoms with Crippen molar-refractivity contribution in [3.8, 4) is 0 Å². The quantitative estimate of drug-likeness (QED) is 0.784. The molecule has 0 aliphatic heterocycles. The average Bonchev–Trinajstić information content (AvgIpc) is 2.51. The first kappa shape index (κ1) is 15.5. The van der Waals surface area contributed by atoms with Crippen molar-refractivity contribution in [2.24, 2.45) is 17.6 Å². The van der Waals surface area contributed by atoms with Gasteiger partial charge in [0.25, 0.3) is 0 Å².